The third-order valence-electron chi connectivity index (χ3n) is 5.47. The van der Waals surface area contributed by atoms with Crippen molar-refractivity contribution in [1.82, 2.24) is 0 Å². The number of nitrogens with two attached hydrogens (primary N) is 1. The first-order valence-electron chi connectivity index (χ1n) is 11.1. The average Bonchev–Trinajstić information content (AvgIpc) is 3.40. The van der Waals surface area contributed by atoms with Gasteiger partial charge in [-0.2, -0.15) is 0 Å². The fraction of sp³-hybridized carbons (Fsp3) is 0.143. The summed E-state index contributed by atoms with van der Waals surface area (Å²) in [6.45, 7) is 0.0502. The molecule has 1 amide bonds. The monoisotopic (exact) mass is 471 g/mol. The third kappa shape index (κ3) is 6.29. The van der Waals surface area contributed by atoms with E-state index in [4.69, 9.17) is 19.9 Å². The van der Waals surface area contributed by atoms with Crippen LogP contribution in [0.25, 0.3) is 5.57 Å². The van der Waals surface area contributed by atoms with Crippen molar-refractivity contribution >= 4 is 17.4 Å². The van der Waals surface area contributed by atoms with Crippen LogP contribution in [-0.4, -0.2) is 23.8 Å². The Hall–Kier alpha value is -4.52. The molecule has 0 radical (unpaired) electrons. The van der Waals surface area contributed by atoms with Gasteiger partial charge in [-0.05, 0) is 47.4 Å². The Morgan fingerprint density at radius 2 is 1.54 bits per heavy atom. The van der Waals surface area contributed by atoms with Crippen molar-refractivity contribution in [2.24, 2.45) is 5.73 Å². The molecule has 1 heterocycles. The van der Waals surface area contributed by atoms with Crippen LogP contribution in [0.1, 0.15) is 23.1 Å². The molecule has 0 saturated heterocycles. The predicted octanol–water partition coefficient (Wildman–Crippen LogP) is 4.82. The van der Waals surface area contributed by atoms with E-state index in [1.165, 1.54) is 6.26 Å². The molecule has 0 aliphatic carbocycles. The molecule has 4 rings (SSSR count). The number of aliphatic carboxylic acids is 1. The van der Waals surface area contributed by atoms with Gasteiger partial charge >= 0.3 is 5.97 Å². The zero-order valence-electron chi connectivity index (χ0n) is 19.0. The number of primary amides is 1. The number of hydrogen-bond acceptors (Lipinski definition) is 5. The molecule has 7 heteroatoms. The van der Waals surface area contributed by atoms with Gasteiger partial charge in [-0.3, -0.25) is 4.79 Å². The average molecular weight is 472 g/mol. The molecule has 178 valence electrons. The second-order valence-electron chi connectivity index (χ2n) is 7.97. The third-order valence-corrected chi connectivity index (χ3v) is 5.47. The molecule has 35 heavy (non-hydrogen) atoms. The Labute approximate surface area is 203 Å². The van der Waals surface area contributed by atoms with Crippen LogP contribution in [0.15, 0.2) is 96.5 Å². The van der Waals surface area contributed by atoms with Crippen LogP contribution in [0.2, 0.25) is 0 Å². The lowest BCUT2D eigenvalue weighted by atomic mass is 9.93. The Morgan fingerprint density at radius 1 is 0.886 bits per heavy atom. The van der Waals surface area contributed by atoms with Gasteiger partial charge in [0, 0.05) is 18.4 Å². The van der Waals surface area contributed by atoms with E-state index in [2.05, 4.69) is 0 Å². The molecule has 0 aromatic heterocycles. The molecule has 0 unspecified atom stereocenters. The maximum absolute atomic E-state index is 12.3. The number of amides is 1. The van der Waals surface area contributed by atoms with Gasteiger partial charge in [0.05, 0.1) is 5.57 Å². The lowest BCUT2D eigenvalue weighted by Gasteiger charge is -2.14. The fourth-order valence-electron chi connectivity index (χ4n) is 3.74. The summed E-state index contributed by atoms with van der Waals surface area (Å²) in [6, 6.07) is 23.8. The molecule has 0 fully saturated rings. The van der Waals surface area contributed by atoms with E-state index in [9.17, 15) is 14.7 Å². The topological polar surface area (TPSA) is 108 Å². The molecule has 0 bridgehead atoms. The van der Waals surface area contributed by atoms with Gasteiger partial charge in [-0.25, -0.2) is 4.79 Å². The summed E-state index contributed by atoms with van der Waals surface area (Å²) in [6.07, 6.45) is 2.69. The summed E-state index contributed by atoms with van der Waals surface area (Å²) in [5, 5.41) is 10.1. The van der Waals surface area contributed by atoms with E-state index in [-0.39, 0.29) is 18.3 Å². The van der Waals surface area contributed by atoms with Crippen molar-refractivity contribution in [2.75, 3.05) is 6.79 Å². The zero-order valence-corrected chi connectivity index (χ0v) is 19.0. The van der Waals surface area contributed by atoms with E-state index in [1.54, 1.807) is 24.3 Å². The number of allylic oxidation sites excluding steroid dienone is 1. The number of ether oxygens (including phenoxy) is 3. The summed E-state index contributed by atoms with van der Waals surface area (Å²) in [4.78, 5) is 23.3. The summed E-state index contributed by atoms with van der Waals surface area (Å²) >= 11 is 0. The minimum atomic E-state index is -1.06. The smallest absolute Gasteiger partial charge is 0.336 e. The molecule has 7 nitrogen and oxygen atoms in total. The van der Waals surface area contributed by atoms with Crippen LogP contribution in [0.4, 0.5) is 0 Å². The van der Waals surface area contributed by atoms with Crippen molar-refractivity contribution in [3.05, 3.63) is 113 Å². The zero-order chi connectivity index (χ0) is 24.6. The summed E-state index contributed by atoms with van der Waals surface area (Å²) in [7, 11) is 0. The summed E-state index contributed by atoms with van der Waals surface area (Å²) in [5.41, 5.74) is 8.33. The highest BCUT2D eigenvalue weighted by Gasteiger charge is 2.23. The Kier molecular flexibility index (Phi) is 7.47. The molecular formula is C28H25NO6. The molecule has 3 aromatic carbocycles. The van der Waals surface area contributed by atoms with Gasteiger partial charge in [-0.15, -0.1) is 0 Å². The van der Waals surface area contributed by atoms with E-state index >= 15 is 0 Å². The van der Waals surface area contributed by atoms with Gasteiger partial charge in [-0.1, -0.05) is 54.6 Å². The van der Waals surface area contributed by atoms with Crippen LogP contribution in [0, 0.1) is 0 Å². The maximum atomic E-state index is 12.3. The van der Waals surface area contributed by atoms with Crippen molar-refractivity contribution in [3.63, 3.8) is 0 Å². The molecular weight excluding hydrogens is 446 g/mol. The second kappa shape index (κ2) is 11.1. The number of rotatable bonds is 10. The fourth-order valence-corrected chi connectivity index (χ4v) is 3.74. The number of carboxylic acids is 1. The molecule has 3 N–H and O–H groups in total. The lowest BCUT2D eigenvalue weighted by Crippen LogP contribution is -2.11. The van der Waals surface area contributed by atoms with Crippen molar-refractivity contribution in [1.29, 1.82) is 0 Å². The first kappa shape index (κ1) is 23.6. The Balaban J connectivity index is 1.57. The van der Waals surface area contributed by atoms with Crippen molar-refractivity contribution in [3.8, 4) is 11.5 Å². The number of carbonyl (C=O) groups is 2. The van der Waals surface area contributed by atoms with Crippen LogP contribution in [-0.2, 0) is 31.9 Å². The number of carboxylic acid groups (broad SMARTS) is 1. The molecule has 0 spiro atoms. The number of aryl methyl sites for hydroxylation is 1. The molecule has 1 aliphatic rings. The van der Waals surface area contributed by atoms with Crippen LogP contribution < -0.4 is 10.5 Å². The van der Waals surface area contributed by atoms with Crippen molar-refractivity contribution in [2.45, 2.75) is 19.3 Å². The number of benzene rings is 3. The van der Waals surface area contributed by atoms with Crippen LogP contribution in [0.5, 0.6) is 11.5 Å². The normalized spacial score (nSPS) is 13.2. The van der Waals surface area contributed by atoms with Gasteiger partial charge in [0.25, 0.3) is 0 Å². The maximum Gasteiger partial charge on any atom is 0.336 e. The highest BCUT2D eigenvalue weighted by atomic mass is 16.7. The second-order valence-corrected chi connectivity index (χ2v) is 7.97. The molecule has 0 atom stereocenters. The standard InChI is InChI=1S/C28H25NO6/c29-26(30)15-8-19-6-11-22(12-7-19)35-23-13-9-21(10-14-23)27(28(31)32)24(25-17-33-18-34-25)16-20-4-2-1-3-5-20/h1-7,9-14,17H,8,15-16,18H2,(H2,29,30)(H,31,32). The molecule has 1 aliphatic heterocycles. The Bertz CT molecular complexity index is 1240. The Morgan fingerprint density at radius 3 is 2.11 bits per heavy atom. The van der Waals surface area contributed by atoms with Gasteiger partial charge in [0.15, 0.2) is 5.76 Å². The number of carbonyl (C=O) groups excluding carboxylic acids is 1. The lowest BCUT2D eigenvalue weighted by molar-refractivity contribution is -0.130. The van der Waals surface area contributed by atoms with Crippen LogP contribution >= 0.6 is 0 Å². The predicted molar refractivity (Wildman–Crippen MR) is 130 cm³/mol. The minimum Gasteiger partial charge on any atom is -0.478 e. The van der Waals surface area contributed by atoms with Crippen LogP contribution in [0.3, 0.4) is 0 Å². The van der Waals surface area contributed by atoms with Crippen molar-refractivity contribution < 1.29 is 28.9 Å². The van der Waals surface area contributed by atoms with E-state index in [0.29, 0.717) is 47.7 Å². The quantitative estimate of drug-likeness (QED) is 0.410. The van der Waals surface area contributed by atoms with E-state index in [1.807, 2.05) is 54.6 Å². The van der Waals surface area contributed by atoms with Gasteiger partial charge in [0.2, 0.25) is 12.7 Å². The molecule has 0 saturated carbocycles. The summed E-state index contributed by atoms with van der Waals surface area (Å²) in [5.74, 6) is 0.194. The number of hydrogen-bond donors (Lipinski definition) is 2. The first-order chi connectivity index (χ1) is 17.0. The summed E-state index contributed by atoms with van der Waals surface area (Å²) < 4.78 is 16.7. The first-order valence-corrected chi connectivity index (χ1v) is 11.1. The highest BCUT2D eigenvalue weighted by Crippen LogP contribution is 2.32. The SMILES string of the molecule is NC(=O)CCc1ccc(Oc2ccc(C(C(=O)O)=C(Cc3ccccc3)C3=COCO3)cc2)cc1. The van der Waals surface area contributed by atoms with Gasteiger partial charge < -0.3 is 25.1 Å². The van der Waals surface area contributed by atoms with E-state index in [0.717, 1.165) is 11.1 Å². The van der Waals surface area contributed by atoms with Gasteiger partial charge in [0.1, 0.15) is 17.8 Å². The molecule has 3 aromatic rings. The largest absolute Gasteiger partial charge is 0.478 e. The minimum absolute atomic E-state index is 0.0502. The van der Waals surface area contributed by atoms with E-state index < -0.39 is 5.97 Å². The highest BCUT2D eigenvalue weighted by molar-refractivity contribution is 6.17.